The van der Waals surface area contributed by atoms with Crippen LogP contribution in [0.3, 0.4) is 0 Å². The van der Waals surface area contributed by atoms with Gasteiger partial charge in [-0.05, 0) is 30.4 Å². The fourth-order valence-corrected chi connectivity index (χ4v) is 3.01. The summed E-state index contributed by atoms with van der Waals surface area (Å²) in [7, 11) is 0. The number of esters is 1. The van der Waals surface area contributed by atoms with E-state index in [0.29, 0.717) is 13.0 Å². The van der Waals surface area contributed by atoms with E-state index in [2.05, 4.69) is 14.9 Å². The largest absolute Gasteiger partial charge is 0.461 e. The summed E-state index contributed by atoms with van der Waals surface area (Å²) >= 11 is 0. The molecule has 1 saturated heterocycles. The van der Waals surface area contributed by atoms with E-state index >= 15 is 0 Å². The fourth-order valence-electron chi connectivity index (χ4n) is 3.01. The van der Waals surface area contributed by atoms with Crippen molar-refractivity contribution in [1.29, 1.82) is 0 Å². The topological polar surface area (TPSA) is 81.3 Å². The van der Waals surface area contributed by atoms with Crippen LogP contribution in [0.1, 0.15) is 24.8 Å². The van der Waals surface area contributed by atoms with Gasteiger partial charge in [0.1, 0.15) is 12.4 Å². The number of carbonyl (C=O) groups is 1. The summed E-state index contributed by atoms with van der Waals surface area (Å²) in [6, 6.07) is 11.6. The molecular formula is C18H22N4O2. The van der Waals surface area contributed by atoms with Gasteiger partial charge in [0.2, 0.25) is 5.95 Å². The molecule has 6 heteroatoms. The molecule has 0 aliphatic carbocycles. The van der Waals surface area contributed by atoms with E-state index in [1.807, 2.05) is 36.4 Å². The molecule has 0 bridgehead atoms. The van der Waals surface area contributed by atoms with Crippen LogP contribution >= 0.6 is 0 Å². The quantitative estimate of drug-likeness (QED) is 0.850. The van der Waals surface area contributed by atoms with Crippen LogP contribution in [0.4, 0.5) is 11.8 Å². The highest BCUT2D eigenvalue weighted by Gasteiger charge is 2.23. The van der Waals surface area contributed by atoms with Gasteiger partial charge in [0.25, 0.3) is 0 Å². The van der Waals surface area contributed by atoms with Gasteiger partial charge in [0.15, 0.2) is 0 Å². The number of hydrogen-bond donors (Lipinski definition) is 1. The number of aromatic nitrogens is 2. The molecule has 2 heterocycles. The van der Waals surface area contributed by atoms with E-state index in [1.54, 1.807) is 6.20 Å². The molecule has 1 aromatic carbocycles. The number of nitrogens with two attached hydrogens (primary N) is 1. The third-order valence-corrected chi connectivity index (χ3v) is 4.20. The predicted octanol–water partition coefficient (Wildman–Crippen LogP) is 2.41. The van der Waals surface area contributed by atoms with Crippen LogP contribution in [0.5, 0.6) is 0 Å². The van der Waals surface area contributed by atoms with Crippen molar-refractivity contribution in [3.8, 4) is 0 Å². The van der Waals surface area contributed by atoms with Crippen LogP contribution in [0.15, 0.2) is 42.6 Å². The minimum atomic E-state index is -0.145. The summed E-state index contributed by atoms with van der Waals surface area (Å²) < 4.78 is 5.39. The fraction of sp³-hybridized carbons (Fsp3) is 0.389. The SMILES string of the molecule is Nc1nccc(N2CCCC(CC(=O)OCc3ccccc3)C2)n1. The van der Waals surface area contributed by atoms with Crippen LogP contribution in [0, 0.1) is 5.92 Å². The molecule has 6 nitrogen and oxygen atoms in total. The maximum Gasteiger partial charge on any atom is 0.306 e. The van der Waals surface area contributed by atoms with Crippen molar-refractivity contribution in [3.05, 3.63) is 48.2 Å². The van der Waals surface area contributed by atoms with Crippen molar-refractivity contribution < 1.29 is 9.53 Å². The lowest BCUT2D eigenvalue weighted by Gasteiger charge is -2.33. The van der Waals surface area contributed by atoms with E-state index in [9.17, 15) is 4.79 Å². The minimum Gasteiger partial charge on any atom is -0.461 e. The number of benzene rings is 1. The van der Waals surface area contributed by atoms with E-state index in [-0.39, 0.29) is 17.8 Å². The van der Waals surface area contributed by atoms with E-state index in [0.717, 1.165) is 37.3 Å². The summed E-state index contributed by atoms with van der Waals surface area (Å²) in [6.45, 7) is 2.04. The smallest absolute Gasteiger partial charge is 0.306 e. The lowest BCUT2D eigenvalue weighted by Crippen LogP contribution is -2.37. The lowest BCUT2D eigenvalue weighted by molar-refractivity contribution is -0.146. The zero-order valence-electron chi connectivity index (χ0n) is 13.6. The standard InChI is InChI=1S/C18H22N4O2/c19-18-20-9-8-16(21-18)22-10-4-7-15(12-22)11-17(23)24-13-14-5-2-1-3-6-14/h1-3,5-6,8-9,15H,4,7,10-13H2,(H2,19,20,21). The van der Waals surface area contributed by atoms with Gasteiger partial charge >= 0.3 is 5.97 Å². The van der Waals surface area contributed by atoms with Crippen LogP contribution in [0.25, 0.3) is 0 Å². The number of piperidine rings is 1. The van der Waals surface area contributed by atoms with Gasteiger partial charge in [0, 0.05) is 19.3 Å². The molecular weight excluding hydrogens is 304 g/mol. The Morgan fingerprint density at radius 2 is 2.12 bits per heavy atom. The molecule has 0 spiro atoms. The second-order valence-electron chi connectivity index (χ2n) is 6.08. The first-order valence-electron chi connectivity index (χ1n) is 8.24. The van der Waals surface area contributed by atoms with Gasteiger partial charge in [-0.3, -0.25) is 4.79 Å². The zero-order chi connectivity index (χ0) is 16.8. The molecule has 1 fully saturated rings. The molecule has 1 aromatic heterocycles. The molecule has 2 aromatic rings. The Morgan fingerprint density at radius 3 is 2.92 bits per heavy atom. The Labute approximate surface area is 141 Å². The number of nitrogen functional groups attached to an aromatic ring is 1. The van der Waals surface area contributed by atoms with Crippen molar-refractivity contribution >= 4 is 17.7 Å². The van der Waals surface area contributed by atoms with E-state index < -0.39 is 0 Å². The summed E-state index contributed by atoms with van der Waals surface area (Å²) in [6.07, 6.45) is 4.15. The molecule has 0 radical (unpaired) electrons. The highest BCUT2D eigenvalue weighted by molar-refractivity contribution is 5.69. The molecule has 2 N–H and O–H groups in total. The van der Waals surface area contributed by atoms with Crippen molar-refractivity contribution in [3.63, 3.8) is 0 Å². The van der Waals surface area contributed by atoms with Crippen LogP contribution in [-0.4, -0.2) is 29.0 Å². The number of rotatable bonds is 5. The Bertz CT molecular complexity index is 678. The third-order valence-electron chi connectivity index (χ3n) is 4.20. The molecule has 1 aliphatic rings. The van der Waals surface area contributed by atoms with Crippen LogP contribution < -0.4 is 10.6 Å². The summed E-state index contributed by atoms with van der Waals surface area (Å²) in [5.41, 5.74) is 6.66. The van der Waals surface area contributed by atoms with Gasteiger partial charge in [0.05, 0.1) is 6.42 Å². The second-order valence-corrected chi connectivity index (χ2v) is 6.08. The number of carbonyl (C=O) groups excluding carboxylic acids is 1. The first kappa shape index (κ1) is 16.2. The zero-order valence-corrected chi connectivity index (χ0v) is 13.6. The molecule has 0 amide bonds. The third kappa shape index (κ3) is 4.44. The Morgan fingerprint density at radius 1 is 1.29 bits per heavy atom. The first-order valence-corrected chi connectivity index (χ1v) is 8.24. The maximum atomic E-state index is 12.1. The number of anilines is 2. The number of hydrogen-bond acceptors (Lipinski definition) is 6. The first-order chi connectivity index (χ1) is 11.7. The van der Waals surface area contributed by atoms with Gasteiger partial charge in [-0.15, -0.1) is 0 Å². The molecule has 3 rings (SSSR count). The van der Waals surface area contributed by atoms with Crippen LogP contribution in [-0.2, 0) is 16.1 Å². The molecule has 1 atom stereocenters. The van der Waals surface area contributed by atoms with Crippen molar-refractivity contribution in [2.75, 3.05) is 23.7 Å². The minimum absolute atomic E-state index is 0.145. The summed E-state index contributed by atoms with van der Waals surface area (Å²) in [5.74, 6) is 1.23. The van der Waals surface area contributed by atoms with Crippen molar-refractivity contribution in [1.82, 2.24) is 9.97 Å². The number of ether oxygens (including phenoxy) is 1. The van der Waals surface area contributed by atoms with Crippen LogP contribution in [0.2, 0.25) is 0 Å². The second kappa shape index (κ2) is 7.77. The molecule has 1 aliphatic heterocycles. The van der Waals surface area contributed by atoms with Crippen molar-refractivity contribution in [2.45, 2.75) is 25.9 Å². The summed E-state index contributed by atoms with van der Waals surface area (Å²) in [4.78, 5) is 22.4. The normalized spacial score (nSPS) is 17.5. The van der Waals surface area contributed by atoms with Gasteiger partial charge in [-0.2, -0.15) is 4.98 Å². The van der Waals surface area contributed by atoms with Gasteiger partial charge < -0.3 is 15.4 Å². The Hall–Kier alpha value is -2.63. The number of nitrogens with zero attached hydrogens (tertiary/aromatic N) is 3. The maximum absolute atomic E-state index is 12.1. The highest BCUT2D eigenvalue weighted by Crippen LogP contribution is 2.24. The lowest BCUT2D eigenvalue weighted by atomic mass is 9.95. The molecule has 24 heavy (non-hydrogen) atoms. The van der Waals surface area contributed by atoms with E-state index in [4.69, 9.17) is 10.5 Å². The monoisotopic (exact) mass is 326 g/mol. The van der Waals surface area contributed by atoms with Crippen molar-refractivity contribution in [2.24, 2.45) is 5.92 Å². The van der Waals surface area contributed by atoms with Gasteiger partial charge in [-0.1, -0.05) is 30.3 Å². The molecule has 0 saturated carbocycles. The summed E-state index contributed by atoms with van der Waals surface area (Å²) in [5, 5.41) is 0. The molecule has 126 valence electrons. The molecule has 1 unspecified atom stereocenters. The Kier molecular flexibility index (Phi) is 5.25. The van der Waals surface area contributed by atoms with Gasteiger partial charge in [-0.25, -0.2) is 4.98 Å². The highest BCUT2D eigenvalue weighted by atomic mass is 16.5. The predicted molar refractivity (Wildman–Crippen MR) is 92.2 cm³/mol. The average Bonchev–Trinajstić information content (AvgIpc) is 2.61. The van der Waals surface area contributed by atoms with E-state index in [1.165, 1.54) is 0 Å². The average molecular weight is 326 g/mol. The Balaban J connectivity index is 1.50.